The van der Waals surface area contributed by atoms with Crippen LogP contribution < -0.4 is 10.1 Å². The van der Waals surface area contributed by atoms with Gasteiger partial charge in [0.25, 0.3) is 11.5 Å². The van der Waals surface area contributed by atoms with E-state index < -0.39 is 17.4 Å². The average Bonchev–Trinajstić information content (AvgIpc) is 3.36. The monoisotopic (exact) mass is 424 g/mol. The lowest BCUT2D eigenvalue weighted by atomic mass is 9.75. The van der Waals surface area contributed by atoms with Crippen LogP contribution in [-0.4, -0.2) is 24.5 Å². The maximum absolute atomic E-state index is 13.8. The molecule has 2 aliphatic heterocycles. The molecule has 1 amide bonds. The van der Waals surface area contributed by atoms with E-state index in [4.69, 9.17) is 9.57 Å². The van der Waals surface area contributed by atoms with Crippen LogP contribution in [0.25, 0.3) is 6.08 Å². The van der Waals surface area contributed by atoms with Crippen molar-refractivity contribution in [3.8, 4) is 5.75 Å². The SMILES string of the molecule is COc1ccc(C(=O)C2C(C=Cc3ccccc3)=NOC23C(=O)Nc2ccccc23)cc1. The highest BCUT2D eigenvalue weighted by Crippen LogP contribution is 2.49. The van der Waals surface area contributed by atoms with Crippen molar-refractivity contribution in [3.05, 3.63) is 102 Å². The number of ether oxygens (including phenoxy) is 1. The van der Waals surface area contributed by atoms with Crippen LogP contribution >= 0.6 is 0 Å². The third kappa shape index (κ3) is 3.08. The molecular formula is C26H20N2O4. The van der Waals surface area contributed by atoms with Crippen molar-refractivity contribution in [2.75, 3.05) is 12.4 Å². The number of fused-ring (bicyclic) bond motifs is 2. The molecule has 6 heteroatoms. The Kier molecular flexibility index (Phi) is 4.82. The highest BCUT2D eigenvalue weighted by molar-refractivity contribution is 6.23. The zero-order chi connectivity index (χ0) is 22.1. The van der Waals surface area contributed by atoms with E-state index in [1.165, 1.54) is 0 Å². The van der Waals surface area contributed by atoms with Crippen molar-refractivity contribution in [3.63, 3.8) is 0 Å². The molecule has 3 aromatic carbocycles. The lowest BCUT2D eigenvalue weighted by Crippen LogP contribution is -2.46. The third-order valence-corrected chi connectivity index (χ3v) is 5.79. The molecule has 2 heterocycles. The molecule has 32 heavy (non-hydrogen) atoms. The smallest absolute Gasteiger partial charge is 0.277 e. The van der Waals surface area contributed by atoms with Crippen LogP contribution in [0.2, 0.25) is 0 Å². The number of Topliss-reactive ketones (excluding diaryl/α,β-unsaturated/α-hetero) is 1. The van der Waals surface area contributed by atoms with Crippen molar-refractivity contribution in [2.45, 2.75) is 5.60 Å². The molecule has 158 valence electrons. The Morgan fingerprint density at radius 3 is 2.47 bits per heavy atom. The number of anilines is 1. The molecule has 3 aromatic rings. The summed E-state index contributed by atoms with van der Waals surface area (Å²) in [5.74, 6) is -0.967. The van der Waals surface area contributed by atoms with E-state index in [2.05, 4.69) is 10.5 Å². The molecule has 0 aromatic heterocycles. The van der Waals surface area contributed by atoms with Gasteiger partial charge in [-0.3, -0.25) is 9.59 Å². The minimum atomic E-state index is -1.55. The summed E-state index contributed by atoms with van der Waals surface area (Å²) in [7, 11) is 1.57. The van der Waals surface area contributed by atoms with Crippen LogP contribution in [0.4, 0.5) is 5.69 Å². The minimum absolute atomic E-state index is 0.256. The van der Waals surface area contributed by atoms with Gasteiger partial charge in [0.1, 0.15) is 11.7 Å². The summed E-state index contributed by atoms with van der Waals surface area (Å²) in [5, 5.41) is 7.07. The molecule has 0 saturated heterocycles. The van der Waals surface area contributed by atoms with Gasteiger partial charge in [-0.2, -0.15) is 0 Å². The fraction of sp³-hybridized carbons (Fsp3) is 0.115. The summed E-state index contributed by atoms with van der Waals surface area (Å²) in [6, 6.07) is 23.7. The van der Waals surface area contributed by atoms with Gasteiger partial charge in [0, 0.05) is 16.8 Å². The number of amides is 1. The Morgan fingerprint density at radius 2 is 1.72 bits per heavy atom. The largest absolute Gasteiger partial charge is 0.497 e. The molecule has 1 N–H and O–H groups in total. The normalized spacial score (nSPS) is 21.2. The zero-order valence-corrected chi connectivity index (χ0v) is 17.3. The Labute approximate surface area is 185 Å². The lowest BCUT2D eigenvalue weighted by molar-refractivity contribution is -0.140. The van der Waals surface area contributed by atoms with Gasteiger partial charge in [-0.15, -0.1) is 0 Å². The first kappa shape index (κ1) is 19.8. The second-order valence-corrected chi connectivity index (χ2v) is 7.61. The second-order valence-electron chi connectivity index (χ2n) is 7.61. The summed E-state index contributed by atoms with van der Waals surface area (Å²) >= 11 is 0. The van der Waals surface area contributed by atoms with Gasteiger partial charge in [0.15, 0.2) is 5.78 Å². The van der Waals surface area contributed by atoms with Crippen molar-refractivity contribution >= 4 is 29.2 Å². The molecule has 2 aliphatic rings. The fourth-order valence-corrected chi connectivity index (χ4v) is 4.18. The highest BCUT2D eigenvalue weighted by atomic mass is 16.7. The Balaban J connectivity index is 1.60. The predicted octanol–water partition coefficient (Wildman–Crippen LogP) is 4.44. The molecule has 0 bridgehead atoms. The van der Waals surface area contributed by atoms with Crippen molar-refractivity contribution < 1.29 is 19.2 Å². The van der Waals surface area contributed by atoms with Gasteiger partial charge in [0.05, 0.1) is 12.8 Å². The molecule has 0 radical (unpaired) electrons. The van der Waals surface area contributed by atoms with Crippen LogP contribution in [0.15, 0.2) is 90.1 Å². The van der Waals surface area contributed by atoms with Gasteiger partial charge < -0.3 is 14.9 Å². The van der Waals surface area contributed by atoms with E-state index in [1.807, 2.05) is 48.5 Å². The van der Waals surface area contributed by atoms with Gasteiger partial charge in [-0.1, -0.05) is 59.8 Å². The number of ketones is 1. The summed E-state index contributed by atoms with van der Waals surface area (Å²) < 4.78 is 5.20. The third-order valence-electron chi connectivity index (χ3n) is 5.79. The number of rotatable bonds is 5. The first-order valence-corrected chi connectivity index (χ1v) is 10.2. The number of para-hydroxylation sites is 1. The quantitative estimate of drug-likeness (QED) is 0.615. The second kappa shape index (κ2) is 7.81. The Morgan fingerprint density at radius 1 is 1.00 bits per heavy atom. The molecule has 2 atom stereocenters. The van der Waals surface area contributed by atoms with E-state index in [9.17, 15) is 9.59 Å². The molecule has 2 unspecified atom stereocenters. The predicted molar refractivity (Wildman–Crippen MR) is 122 cm³/mol. The van der Waals surface area contributed by atoms with Crippen LogP contribution in [0.1, 0.15) is 21.5 Å². The van der Waals surface area contributed by atoms with Gasteiger partial charge in [-0.25, -0.2) is 0 Å². The number of hydrogen-bond donors (Lipinski definition) is 1. The van der Waals surface area contributed by atoms with Crippen molar-refractivity contribution in [2.24, 2.45) is 11.1 Å². The van der Waals surface area contributed by atoms with Crippen molar-refractivity contribution in [1.29, 1.82) is 0 Å². The highest BCUT2D eigenvalue weighted by Gasteiger charge is 2.62. The molecular weight excluding hydrogens is 404 g/mol. The Bertz CT molecular complexity index is 1250. The number of hydrogen-bond acceptors (Lipinski definition) is 5. The number of benzene rings is 3. The maximum Gasteiger partial charge on any atom is 0.277 e. The maximum atomic E-state index is 13.8. The summed E-state index contributed by atoms with van der Waals surface area (Å²) in [5.41, 5.74) is 1.45. The molecule has 0 saturated carbocycles. The van der Waals surface area contributed by atoms with E-state index >= 15 is 0 Å². The molecule has 0 aliphatic carbocycles. The first-order valence-electron chi connectivity index (χ1n) is 10.2. The molecule has 1 spiro atoms. The topological polar surface area (TPSA) is 77.0 Å². The molecule has 6 nitrogen and oxygen atoms in total. The standard InChI is InChI=1S/C26H20N2O4/c1-31-19-14-12-18(13-15-19)24(29)23-22(16-11-17-7-3-2-4-8-17)28-32-26(23)20-9-5-6-10-21(20)27-25(26)30/h2-16,23H,1H3,(H,27,30). The number of oxime groups is 1. The molecule has 5 rings (SSSR count). The summed E-state index contributed by atoms with van der Waals surface area (Å²) in [6.45, 7) is 0. The summed E-state index contributed by atoms with van der Waals surface area (Å²) in [6.07, 6.45) is 3.60. The van der Waals surface area contributed by atoms with Crippen LogP contribution in [0.5, 0.6) is 5.75 Å². The van der Waals surface area contributed by atoms with E-state index in [0.717, 1.165) is 5.56 Å². The van der Waals surface area contributed by atoms with Crippen LogP contribution in [0, 0.1) is 5.92 Å². The Hall–Kier alpha value is -4.19. The number of nitrogens with zero attached hydrogens (tertiary/aromatic N) is 1. The number of carbonyl (C=O) groups is 2. The van der Waals surface area contributed by atoms with E-state index in [1.54, 1.807) is 49.6 Å². The summed E-state index contributed by atoms with van der Waals surface area (Å²) in [4.78, 5) is 32.8. The lowest BCUT2D eigenvalue weighted by Gasteiger charge is -2.26. The minimum Gasteiger partial charge on any atom is -0.497 e. The number of nitrogens with one attached hydrogen (secondary N) is 1. The van der Waals surface area contributed by atoms with Gasteiger partial charge >= 0.3 is 0 Å². The first-order chi connectivity index (χ1) is 15.6. The van der Waals surface area contributed by atoms with Gasteiger partial charge in [0.2, 0.25) is 0 Å². The number of carbonyl (C=O) groups excluding carboxylic acids is 2. The number of methoxy groups -OCH3 is 1. The zero-order valence-electron chi connectivity index (χ0n) is 17.3. The van der Waals surface area contributed by atoms with Gasteiger partial charge in [-0.05, 0) is 42.0 Å². The fourth-order valence-electron chi connectivity index (χ4n) is 4.18. The average molecular weight is 424 g/mol. The molecule has 0 fully saturated rings. The number of allylic oxidation sites excluding steroid dienone is 1. The van der Waals surface area contributed by atoms with E-state index in [-0.39, 0.29) is 5.78 Å². The van der Waals surface area contributed by atoms with Crippen LogP contribution in [0.3, 0.4) is 0 Å². The van der Waals surface area contributed by atoms with Crippen LogP contribution in [-0.2, 0) is 15.2 Å². The van der Waals surface area contributed by atoms with E-state index in [0.29, 0.717) is 28.3 Å². The van der Waals surface area contributed by atoms with Crippen molar-refractivity contribution in [1.82, 2.24) is 0 Å².